The lowest BCUT2D eigenvalue weighted by atomic mass is 9.39. The van der Waals surface area contributed by atoms with E-state index in [9.17, 15) is 33.0 Å². The number of allylic oxidation sites excluding steroid dienone is 4. The first-order chi connectivity index (χ1) is 19.0. The Bertz CT molecular complexity index is 1380. The number of benzene rings is 1. The number of hydrogen-bond acceptors (Lipinski definition) is 6. The maximum absolute atomic E-state index is 17.6. The SMILES string of the molecule is C[C@]12C[C@H](O)[C@@]3(F)[C@@H](C[C@H](F)C4=CC(=O)C=C[C@@]43C)[C@]1(C)C[C@H]1CN(c3ccc(C(F)(F)F)cc3)O[C@]12C(=O)CO. The summed E-state index contributed by atoms with van der Waals surface area (Å²) in [5.74, 6) is -2.87. The molecule has 1 heterocycles. The molecule has 0 amide bonds. The molecule has 41 heavy (non-hydrogen) atoms. The van der Waals surface area contributed by atoms with Crippen molar-refractivity contribution in [2.45, 2.75) is 69.8 Å². The minimum atomic E-state index is -4.54. The first-order valence-corrected chi connectivity index (χ1v) is 13.7. The number of hydroxylamine groups is 1. The van der Waals surface area contributed by atoms with Gasteiger partial charge in [-0.05, 0) is 73.6 Å². The highest BCUT2D eigenvalue weighted by molar-refractivity contribution is 6.01. The van der Waals surface area contributed by atoms with Crippen molar-refractivity contribution in [2.24, 2.45) is 28.1 Å². The van der Waals surface area contributed by atoms with Crippen LogP contribution in [-0.4, -0.2) is 58.5 Å². The number of alkyl halides is 5. The molecule has 0 bridgehead atoms. The number of halogens is 5. The molecule has 2 N–H and O–H groups in total. The first kappa shape index (κ1) is 28.5. The molecule has 3 saturated carbocycles. The third kappa shape index (κ3) is 3.28. The molecule has 9 atom stereocenters. The van der Waals surface area contributed by atoms with E-state index in [-0.39, 0.29) is 37.1 Å². The summed E-state index contributed by atoms with van der Waals surface area (Å²) in [6.07, 6.45) is -4.65. The molecular formula is C30H32F5NO5. The largest absolute Gasteiger partial charge is 0.416 e. The van der Waals surface area contributed by atoms with E-state index in [4.69, 9.17) is 4.84 Å². The fraction of sp³-hybridized carbons (Fsp3) is 0.600. The smallest absolute Gasteiger partial charge is 0.390 e. The van der Waals surface area contributed by atoms with E-state index in [0.29, 0.717) is 0 Å². The Labute approximate surface area is 233 Å². The Hall–Kier alpha value is -2.63. The van der Waals surface area contributed by atoms with Gasteiger partial charge in [0.2, 0.25) is 0 Å². The molecule has 1 aromatic rings. The summed E-state index contributed by atoms with van der Waals surface area (Å²) in [4.78, 5) is 32.1. The van der Waals surface area contributed by atoms with Crippen molar-refractivity contribution < 1.29 is 46.6 Å². The van der Waals surface area contributed by atoms with E-state index in [1.54, 1.807) is 13.8 Å². The first-order valence-electron chi connectivity index (χ1n) is 13.7. The fourth-order valence-corrected chi connectivity index (χ4v) is 9.29. The molecule has 6 rings (SSSR count). The van der Waals surface area contributed by atoms with Crippen molar-refractivity contribution in [3.05, 3.63) is 53.6 Å². The third-order valence-electron chi connectivity index (χ3n) is 11.4. The zero-order valence-electron chi connectivity index (χ0n) is 22.8. The molecular weight excluding hydrogens is 549 g/mol. The summed E-state index contributed by atoms with van der Waals surface area (Å²) in [6, 6.07) is 4.26. The van der Waals surface area contributed by atoms with Crippen LogP contribution in [-0.2, 0) is 20.6 Å². The number of carbonyl (C=O) groups excluding carboxylic acids is 2. The lowest BCUT2D eigenvalue weighted by Gasteiger charge is -2.67. The molecule has 11 heteroatoms. The second-order valence-electron chi connectivity index (χ2n) is 12.9. The number of hydrogen-bond donors (Lipinski definition) is 2. The van der Waals surface area contributed by atoms with E-state index in [1.165, 1.54) is 36.3 Å². The van der Waals surface area contributed by atoms with Gasteiger partial charge in [0.15, 0.2) is 22.8 Å². The number of fused-ring (bicyclic) bond motifs is 7. The highest BCUT2D eigenvalue weighted by Crippen LogP contribution is 2.77. The van der Waals surface area contributed by atoms with E-state index in [1.807, 2.05) is 0 Å². The van der Waals surface area contributed by atoms with Crippen molar-refractivity contribution in [1.82, 2.24) is 0 Å². The standard InChI is InChI=1S/C30H32F5NO5/c1-25-9-8-19(38)10-20(25)21(31)11-22-26(2)12-17-14-36(18-6-4-16(5-7-18)30(33,34)35)41-29(17,24(40)15-37)27(26,3)13-23(39)28(22,25)32/h4-10,17,21-23,37,39H,11-15H2,1-3H3/t17-,21-,22-,23-,25-,26-,27-,28-,29-/m0/s1. The molecule has 4 fully saturated rings. The Kier molecular flexibility index (Phi) is 5.89. The van der Waals surface area contributed by atoms with Crippen LogP contribution in [0.1, 0.15) is 45.6 Å². The van der Waals surface area contributed by atoms with Gasteiger partial charge in [0.1, 0.15) is 12.8 Å². The Morgan fingerprint density at radius 2 is 1.80 bits per heavy atom. The van der Waals surface area contributed by atoms with Gasteiger partial charge in [-0.1, -0.05) is 19.9 Å². The molecule has 222 valence electrons. The van der Waals surface area contributed by atoms with Gasteiger partial charge in [0.25, 0.3) is 0 Å². The number of rotatable bonds is 3. The molecule has 1 aliphatic heterocycles. The molecule has 0 radical (unpaired) electrons. The topological polar surface area (TPSA) is 87.1 Å². The Morgan fingerprint density at radius 3 is 2.41 bits per heavy atom. The molecule has 5 aliphatic rings. The van der Waals surface area contributed by atoms with E-state index < -0.39 is 81.5 Å². The van der Waals surface area contributed by atoms with Gasteiger partial charge < -0.3 is 10.2 Å². The number of anilines is 1. The number of Topliss-reactive ketones (excluding diaryl/α,β-unsaturated/α-hetero) is 1. The molecule has 1 saturated heterocycles. The van der Waals surface area contributed by atoms with Gasteiger partial charge in [0, 0.05) is 22.7 Å². The monoisotopic (exact) mass is 581 g/mol. The Morgan fingerprint density at radius 1 is 1.15 bits per heavy atom. The van der Waals surface area contributed by atoms with Crippen molar-refractivity contribution in [1.29, 1.82) is 0 Å². The highest BCUT2D eigenvalue weighted by atomic mass is 19.4. The normalized spacial score (nSPS) is 45.1. The zero-order chi connectivity index (χ0) is 30.0. The molecule has 1 aromatic carbocycles. The van der Waals surface area contributed by atoms with Crippen LogP contribution in [0, 0.1) is 28.1 Å². The van der Waals surface area contributed by atoms with Crippen molar-refractivity contribution in [2.75, 3.05) is 18.2 Å². The van der Waals surface area contributed by atoms with Crippen LogP contribution in [0.3, 0.4) is 0 Å². The number of aliphatic hydroxyl groups is 2. The van der Waals surface area contributed by atoms with Crippen molar-refractivity contribution in [3.63, 3.8) is 0 Å². The molecule has 0 spiro atoms. The summed E-state index contributed by atoms with van der Waals surface area (Å²) < 4.78 is 72.9. The summed E-state index contributed by atoms with van der Waals surface area (Å²) in [5.41, 5.74) is -8.72. The molecule has 6 nitrogen and oxygen atoms in total. The van der Waals surface area contributed by atoms with Gasteiger partial charge in [-0.2, -0.15) is 13.2 Å². The van der Waals surface area contributed by atoms with Crippen molar-refractivity contribution in [3.8, 4) is 0 Å². The minimum Gasteiger partial charge on any atom is -0.390 e. The average molecular weight is 582 g/mol. The third-order valence-corrected chi connectivity index (χ3v) is 11.4. The quantitative estimate of drug-likeness (QED) is 0.504. The second-order valence-corrected chi connectivity index (χ2v) is 12.9. The van der Waals surface area contributed by atoms with Gasteiger partial charge in [0.05, 0.1) is 23.9 Å². The van der Waals surface area contributed by atoms with Crippen LogP contribution in [0.25, 0.3) is 0 Å². The number of ketones is 2. The highest BCUT2D eigenvalue weighted by Gasteiger charge is 2.83. The van der Waals surface area contributed by atoms with E-state index in [0.717, 1.165) is 18.2 Å². The number of nitrogens with zero attached hydrogens (tertiary/aromatic N) is 1. The fourth-order valence-electron chi connectivity index (χ4n) is 9.29. The molecule has 4 aliphatic carbocycles. The predicted octanol–water partition coefficient (Wildman–Crippen LogP) is 4.69. The molecule has 0 aromatic heterocycles. The predicted molar refractivity (Wildman–Crippen MR) is 137 cm³/mol. The lowest BCUT2D eigenvalue weighted by molar-refractivity contribution is -0.256. The van der Waals surface area contributed by atoms with Gasteiger partial charge in [-0.3, -0.25) is 19.5 Å². The minimum absolute atomic E-state index is 0.0147. The second kappa shape index (κ2) is 8.48. The van der Waals surface area contributed by atoms with Crippen LogP contribution in [0.15, 0.2) is 48.1 Å². The van der Waals surface area contributed by atoms with Crippen LogP contribution < -0.4 is 5.06 Å². The number of carbonyl (C=O) groups is 2. The van der Waals surface area contributed by atoms with Crippen LogP contribution >= 0.6 is 0 Å². The summed E-state index contributed by atoms with van der Waals surface area (Å²) in [6.45, 7) is 4.10. The number of aliphatic hydroxyl groups excluding tert-OH is 2. The lowest BCUT2D eigenvalue weighted by Crippen LogP contribution is -2.73. The van der Waals surface area contributed by atoms with Gasteiger partial charge in [-0.15, -0.1) is 0 Å². The van der Waals surface area contributed by atoms with Gasteiger partial charge in [-0.25, -0.2) is 8.78 Å². The van der Waals surface area contributed by atoms with Crippen molar-refractivity contribution >= 4 is 17.3 Å². The van der Waals surface area contributed by atoms with Gasteiger partial charge >= 0.3 is 6.18 Å². The maximum atomic E-state index is 17.6. The average Bonchev–Trinajstić information content (AvgIpc) is 3.37. The van der Waals surface area contributed by atoms with E-state index in [2.05, 4.69) is 0 Å². The Balaban J connectivity index is 1.44. The van der Waals surface area contributed by atoms with Crippen LogP contribution in [0.4, 0.5) is 27.6 Å². The molecule has 0 unspecified atom stereocenters. The van der Waals surface area contributed by atoms with Crippen LogP contribution in [0.5, 0.6) is 0 Å². The van der Waals surface area contributed by atoms with E-state index >= 15 is 8.78 Å². The summed E-state index contributed by atoms with van der Waals surface area (Å²) in [5, 5.41) is 23.1. The summed E-state index contributed by atoms with van der Waals surface area (Å²) >= 11 is 0. The van der Waals surface area contributed by atoms with Crippen LogP contribution in [0.2, 0.25) is 0 Å². The zero-order valence-corrected chi connectivity index (χ0v) is 22.8. The maximum Gasteiger partial charge on any atom is 0.416 e. The summed E-state index contributed by atoms with van der Waals surface area (Å²) in [7, 11) is 0.